The lowest BCUT2D eigenvalue weighted by atomic mass is 9.64. The first-order valence-electron chi connectivity index (χ1n) is 12.6. The molecule has 166 valence electrons. The zero-order chi connectivity index (χ0) is 21.3. The molecule has 2 unspecified atom stereocenters. The van der Waals surface area contributed by atoms with Gasteiger partial charge in [0, 0.05) is 18.8 Å². The number of benzene rings is 2. The van der Waals surface area contributed by atoms with E-state index in [-0.39, 0.29) is 0 Å². The highest BCUT2D eigenvalue weighted by Crippen LogP contribution is 2.49. The summed E-state index contributed by atoms with van der Waals surface area (Å²) in [6.07, 6.45) is 14.3. The Bertz CT molecular complexity index is 1080. The van der Waals surface area contributed by atoms with E-state index in [1.54, 1.807) is 28.5 Å². The number of hydrogen-bond acceptors (Lipinski definition) is 3. The smallest absolute Gasteiger partial charge is 0.0542 e. The predicted molar refractivity (Wildman–Crippen MR) is 140 cm³/mol. The molecule has 2 atom stereocenters. The highest BCUT2D eigenvalue weighted by atomic mass is 32.2. The van der Waals surface area contributed by atoms with E-state index >= 15 is 0 Å². The van der Waals surface area contributed by atoms with Gasteiger partial charge in [0.05, 0.1) is 5.55 Å². The summed E-state index contributed by atoms with van der Waals surface area (Å²) in [6.45, 7) is 3.34. The van der Waals surface area contributed by atoms with Crippen molar-refractivity contribution in [3.05, 3.63) is 64.7 Å². The minimum atomic E-state index is 0.698. The molecule has 32 heavy (non-hydrogen) atoms. The zero-order valence-corrected chi connectivity index (χ0v) is 19.8. The molecule has 1 saturated carbocycles. The van der Waals surface area contributed by atoms with Crippen LogP contribution < -0.4 is 5.32 Å². The second-order valence-electron chi connectivity index (χ2n) is 10.0. The molecule has 0 amide bonds. The number of nitrogens with zero attached hydrogens (tertiary/aromatic N) is 1. The second kappa shape index (κ2) is 9.19. The van der Waals surface area contributed by atoms with Crippen LogP contribution in [0.2, 0.25) is 0 Å². The number of aliphatic imine (C=N–C) groups is 1. The molecule has 7 rings (SSSR count). The van der Waals surface area contributed by atoms with E-state index < -0.39 is 0 Å². The van der Waals surface area contributed by atoms with E-state index in [0.717, 1.165) is 24.9 Å². The van der Waals surface area contributed by atoms with Gasteiger partial charge in [-0.05, 0) is 95.9 Å². The number of hydrogen-bond donors (Lipinski definition) is 1. The molecular weight excluding hydrogens is 408 g/mol. The Morgan fingerprint density at radius 2 is 2.03 bits per heavy atom. The maximum Gasteiger partial charge on any atom is 0.0542 e. The van der Waals surface area contributed by atoms with E-state index in [4.69, 9.17) is 0 Å². The van der Waals surface area contributed by atoms with Crippen LogP contribution in [0.5, 0.6) is 0 Å². The van der Waals surface area contributed by atoms with E-state index in [1.807, 2.05) is 5.55 Å². The monoisotopic (exact) mass is 442 g/mol. The maximum atomic E-state index is 3.92. The Balaban J connectivity index is 0.000000348. The van der Waals surface area contributed by atoms with Crippen molar-refractivity contribution in [2.75, 3.05) is 25.4 Å². The molecule has 3 aliphatic carbocycles. The summed E-state index contributed by atoms with van der Waals surface area (Å²) in [5.41, 5.74) is 9.94. The molecule has 0 aromatic heterocycles. The van der Waals surface area contributed by atoms with Crippen LogP contribution in [0, 0.1) is 11.8 Å². The van der Waals surface area contributed by atoms with Gasteiger partial charge in [0.25, 0.3) is 0 Å². The predicted octanol–water partition coefficient (Wildman–Crippen LogP) is 6.75. The highest BCUT2D eigenvalue weighted by Gasteiger charge is 2.35. The van der Waals surface area contributed by atoms with Gasteiger partial charge in [0.1, 0.15) is 0 Å². The van der Waals surface area contributed by atoms with Crippen LogP contribution in [0.3, 0.4) is 0 Å². The normalized spacial score (nSPS) is 26.5. The lowest BCUT2D eigenvalue weighted by Crippen LogP contribution is -2.29. The van der Waals surface area contributed by atoms with E-state index in [9.17, 15) is 0 Å². The van der Waals surface area contributed by atoms with E-state index in [1.165, 1.54) is 79.1 Å². The molecule has 1 N–H and O–H groups in total. The van der Waals surface area contributed by atoms with Crippen molar-refractivity contribution in [1.82, 2.24) is 5.32 Å². The summed E-state index contributed by atoms with van der Waals surface area (Å²) in [4.78, 5) is 3.92. The molecule has 0 bridgehead atoms. The van der Waals surface area contributed by atoms with Crippen molar-refractivity contribution < 1.29 is 0 Å². The third-order valence-electron chi connectivity index (χ3n) is 8.27. The zero-order valence-electron chi connectivity index (χ0n) is 19.0. The Kier molecular flexibility index (Phi) is 5.96. The van der Waals surface area contributed by atoms with Gasteiger partial charge in [-0.3, -0.25) is 4.99 Å². The summed E-state index contributed by atoms with van der Waals surface area (Å²) in [6, 6.07) is 12.1. The van der Waals surface area contributed by atoms with Crippen molar-refractivity contribution in [3.8, 4) is 0 Å². The average Bonchev–Trinajstić information content (AvgIpc) is 3.54. The first-order chi connectivity index (χ1) is 15.9. The molecule has 2 aromatic rings. The number of allylic oxidation sites excluding steroid dienone is 4. The fraction of sp³-hybridized carbons (Fsp3) is 0.483. The molecule has 2 fully saturated rings. The Morgan fingerprint density at radius 1 is 1.06 bits per heavy atom. The van der Waals surface area contributed by atoms with Crippen LogP contribution in [-0.4, -0.2) is 30.9 Å². The Hall–Kier alpha value is -1.84. The van der Waals surface area contributed by atoms with Crippen molar-refractivity contribution in [2.24, 2.45) is 16.8 Å². The van der Waals surface area contributed by atoms with Gasteiger partial charge < -0.3 is 5.32 Å². The van der Waals surface area contributed by atoms with Crippen LogP contribution in [0.25, 0.3) is 16.3 Å². The topological polar surface area (TPSA) is 24.4 Å². The Labute approximate surface area is 196 Å². The van der Waals surface area contributed by atoms with Crippen molar-refractivity contribution in [2.45, 2.75) is 50.9 Å². The molecule has 2 nitrogen and oxygen atoms in total. The third kappa shape index (κ3) is 3.88. The van der Waals surface area contributed by atoms with Gasteiger partial charge in [-0.25, -0.2) is 0 Å². The van der Waals surface area contributed by atoms with Crippen molar-refractivity contribution in [1.29, 1.82) is 0 Å². The quantitative estimate of drug-likeness (QED) is 0.556. The minimum absolute atomic E-state index is 0.698. The number of thioether (sulfide) groups is 1. The largest absolute Gasteiger partial charge is 0.316 e. The SMILES string of the molecule is C1=CC2=C(CC1)C(C1CCC1)Cc1c2ccc2cc(C3CCNC3)ccc12.C1=NCCS1. The molecule has 5 aliphatic rings. The van der Waals surface area contributed by atoms with Crippen LogP contribution in [0.4, 0.5) is 0 Å². The van der Waals surface area contributed by atoms with Gasteiger partial charge in [0.2, 0.25) is 0 Å². The second-order valence-corrected chi connectivity index (χ2v) is 11.0. The van der Waals surface area contributed by atoms with Gasteiger partial charge in [-0.15, -0.1) is 11.8 Å². The Morgan fingerprint density at radius 3 is 2.75 bits per heavy atom. The van der Waals surface area contributed by atoms with Gasteiger partial charge in [0.15, 0.2) is 0 Å². The lowest BCUT2D eigenvalue weighted by Gasteiger charge is -2.40. The van der Waals surface area contributed by atoms with Crippen molar-refractivity contribution >= 4 is 33.7 Å². The summed E-state index contributed by atoms with van der Waals surface area (Å²) in [7, 11) is 0. The first-order valence-corrected chi connectivity index (χ1v) is 13.7. The molecule has 2 aliphatic heterocycles. The van der Waals surface area contributed by atoms with Crippen LogP contribution >= 0.6 is 11.8 Å². The summed E-state index contributed by atoms with van der Waals surface area (Å²) in [5, 5.41) is 6.48. The minimum Gasteiger partial charge on any atom is -0.316 e. The first kappa shape index (κ1) is 20.7. The van der Waals surface area contributed by atoms with Crippen molar-refractivity contribution in [3.63, 3.8) is 0 Å². The van der Waals surface area contributed by atoms with Crippen LogP contribution in [0.15, 0.2) is 53.0 Å². The van der Waals surface area contributed by atoms with Gasteiger partial charge in [-0.2, -0.15) is 0 Å². The average molecular weight is 443 g/mol. The summed E-state index contributed by atoms with van der Waals surface area (Å²) < 4.78 is 0. The maximum absolute atomic E-state index is 3.92. The molecular formula is C29H34N2S. The number of nitrogens with one attached hydrogen (secondary N) is 1. The highest BCUT2D eigenvalue weighted by molar-refractivity contribution is 8.12. The molecule has 0 radical (unpaired) electrons. The van der Waals surface area contributed by atoms with Crippen LogP contribution in [-0.2, 0) is 6.42 Å². The van der Waals surface area contributed by atoms with E-state index in [0.29, 0.717) is 5.92 Å². The van der Waals surface area contributed by atoms with E-state index in [2.05, 4.69) is 52.8 Å². The molecule has 2 aromatic carbocycles. The summed E-state index contributed by atoms with van der Waals surface area (Å²) in [5.74, 6) is 3.63. The number of rotatable bonds is 2. The third-order valence-corrected chi connectivity index (χ3v) is 8.98. The standard InChI is InChI=1S/C26H29N.C3H5NS/c1-2-7-23-22(6-1)24-11-9-19-14-18(20-12-13-27-16-20)8-10-21(19)26(24)15-25(23)17-4-3-5-17;1-2-5-3-4-1/h1,6,8-11,14,17,20,25,27H,2-5,7,12-13,15-16H2;3H,1-2H2. The van der Waals surface area contributed by atoms with Crippen LogP contribution in [0.1, 0.15) is 61.1 Å². The van der Waals surface area contributed by atoms with Gasteiger partial charge in [-0.1, -0.05) is 54.5 Å². The summed E-state index contributed by atoms with van der Waals surface area (Å²) >= 11 is 1.78. The molecule has 1 saturated heterocycles. The molecule has 3 heteroatoms. The fourth-order valence-electron chi connectivity index (χ4n) is 6.31. The fourth-order valence-corrected chi connectivity index (χ4v) is 6.83. The van der Waals surface area contributed by atoms with Gasteiger partial charge >= 0.3 is 0 Å². The molecule has 2 heterocycles. The lowest BCUT2D eigenvalue weighted by molar-refractivity contribution is 0.227. The number of fused-ring (bicyclic) bond motifs is 4. The molecule has 0 spiro atoms.